The summed E-state index contributed by atoms with van der Waals surface area (Å²) in [6.45, 7) is 0.0888. The molecule has 12 heteroatoms. The number of hydrogen-bond donors (Lipinski definition) is 0. The molecule has 0 aliphatic rings. The molecular formula is C6H5F11Si. The summed E-state index contributed by atoms with van der Waals surface area (Å²) < 4.78 is 134. The summed E-state index contributed by atoms with van der Waals surface area (Å²) in [6.07, 6.45) is -13.6. The molecule has 0 atom stereocenters. The molecule has 0 saturated heterocycles. The van der Waals surface area contributed by atoms with Gasteiger partial charge in [-0.2, -0.15) is 43.9 Å². The lowest BCUT2D eigenvalue weighted by Gasteiger charge is -2.37. The third kappa shape index (κ3) is 2.18. The van der Waals surface area contributed by atoms with Crippen LogP contribution in [0.5, 0.6) is 0 Å². The van der Waals surface area contributed by atoms with Gasteiger partial charge in [-0.1, -0.05) is 6.92 Å². The lowest BCUT2D eigenvalue weighted by Crippen LogP contribution is -2.71. The van der Waals surface area contributed by atoms with Crippen LogP contribution in [-0.4, -0.2) is 31.9 Å². The van der Waals surface area contributed by atoms with Crippen molar-refractivity contribution < 1.29 is 48.0 Å². The first-order valence-corrected chi connectivity index (χ1v) is 6.22. The Kier molecular flexibility index (Phi) is 4.10. The second kappa shape index (κ2) is 4.23. The average Bonchev–Trinajstić information content (AvgIpc) is 2.12. The zero-order valence-electron chi connectivity index (χ0n) is 8.36. The molecule has 0 aromatic carbocycles. The van der Waals surface area contributed by atoms with Crippen molar-refractivity contribution in [2.24, 2.45) is 0 Å². The van der Waals surface area contributed by atoms with E-state index in [-0.39, 0.29) is 6.92 Å². The average molecular weight is 314 g/mol. The summed E-state index contributed by atoms with van der Waals surface area (Å²) in [5.41, 5.74) is -13.4. The number of halogens is 11. The second-order valence-electron chi connectivity index (χ2n) is 3.30. The van der Waals surface area contributed by atoms with Crippen LogP contribution in [0.3, 0.4) is 0 Å². The Morgan fingerprint density at radius 1 is 0.667 bits per heavy atom. The van der Waals surface area contributed by atoms with Gasteiger partial charge in [0.05, 0.1) is 0 Å². The van der Waals surface area contributed by atoms with Crippen LogP contribution >= 0.6 is 0 Å². The van der Waals surface area contributed by atoms with Crippen LogP contribution in [0.4, 0.5) is 48.0 Å². The topological polar surface area (TPSA) is 0 Å². The Labute approximate surface area is 93.9 Å². The van der Waals surface area contributed by atoms with Crippen molar-refractivity contribution in [3.63, 3.8) is 0 Å². The van der Waals surface area contributed by atoms with Crippen LogP contribution in [0.1, 0.15) is 6.92 Å². The Hall–Kier alpha value is -0.553. The van der Waals surface area contributed by atoms with E-state index < -0.39 is 37.9 Å². The minimum Gasteiger partial charge on any atom is -0.299 e. The van der Waals surface area contributed by atoms with Crippen LogP contribution in [-0.2, 0) is 0 Å². The fraction of sp³-hybridized carbons (Fsp3) is 1.00. The van der Waals surface area contributed by atoms with Crippen LogP contribution in [0.15, 0.2) is 0 Å². The zero-order valence-corrected chi connectivity index (χ0v) is 9.36. The van der Waals surface area contributed by atoms with Gasteiger partial charge < -0.3 is 0 Å². The maximum absolute atomic E-state index is 13.3. The van der Waals surface area contributed by atoms with Crippen LogP contribution < -0.4 is 0 Å². The second-order valence-corrected chi connectivity index (χ2v) is 6.86. The predicted octanol–water partition coefficient (Wildman–Crippen LogP) is 4.39. The number of hydrogen-bond acceptors (Lipinski definition) is 0. The van der Waals surface area contributed by atoms with Gasteiger partial charge in [-0.3, -0.25) is 4.11 Å². The Bertz CT molecular complexity index is 274. The summed E-state index contributed by atoms with van der Waals surface area (Å²) in [5.74, 6) is 0. The van der Waals surface area contributed by atoms with E-state index in [1.807, 2.05) is 0 Å². The fourth-order valence-electron chi connectivity index (χ4n) is 1.09. The monoisotopic (exact) mass is 314 g/mol. The molecule has 0 aromatic rings. The first kappa shape index (κ1) is 17.4. The van der Waals surface area contributed by atoms with Crippen LogP contribution in [0.25, 0.3) is 0 Å². The third-order valence-electron chi connectivity index (χ3n) is 2.19. The molecule has 0 aliphatic heterocycles. The van der Waals surface area contributed by atoms with Gasteiger partial charge in [-0.15, -0.1) is 0 Å². The van der Waals surface area contributed by atoms with Gasteiger partial charge in [-0.25, -0.2) is 0 Å². The summed E-state index contributed by atoms with van der Waals surface area (Å²) in [6, 6.07) is -2.24. The van der Waals surface area contributed by atoms with Gasteiger partial charge in [0.1, 0.15) is 0 Å². The third-order valence-corrected chi connectivity index (χ3v) is 5.73. The molecule has 0 heterocycles. The SMILES string of the molecule is CC[Si](F)(C(F)(F)C(F)(F)F)C(F)(F)C(F)(F)F. The van der Waals surface area contributed by atoms with E-state index >= 15 is 0 Å². The molecule has 0 spiro atoms. The minimum atomic E-state index is -7.87. The highest BCUT2D eigenvalue weighted by atomic mass is 28.4. The highest BCUT2D eigenvalue weighted by molar-refractivity contribution is 6.78. The maximum Gasteiger partial charge on any atom is 0.452 e. The molecule has 0 aromatic heterocycles. The summed E-state index contributed by atoms with van der Waals surface area (Å²) >= 11 is 0. The molecular weight excluding hydrogens is 309 g/mol. The van der Waals surface area contributed by atoms with Gasteiger partial charge >= 0.3 is 31.9 Å². The normalized spacial score (nSPS) is 16.0. The van der Waals surface area contributed by atoms with Crippen molar-refractivity contribution >= 4 is 8.41 Å². The molecule has 0 rings (SSSR count). The van der Waals surface area contributed by atoms with Crippen molar-refractivity contribution in [2.45, 2.75) is 36.4 Å². The summed E-state index contributed by atoms with van der Waals surface area (Å²) in [7, 11) is -7.87. The van der Waals surface area contributed by atoms with E-state index in [1.54, 1.807) is 0 Å². The van der Waals surface area contributed by atoms with E-state index in [0.29, 0.717) is 0 Å². The molecule has 110 valence electrons. The summed E-state index contributed by atoms with van der Waals surface area (Å²) in [4.78, 5) is 0. The molecule has 18 heavy (non-hydrogen) atoms. The highest BCUT2D eigenvalue weighted by Crippen LogP contribution is 2.55. The van der Waals surface area contributed by atoms with Crippen LogP contribution in [0.2, 0.25) is 6.04 Å². The smallest absolute Gasteiger partial charge is 0.299 e. The minimum absolute atomic E-state index is 0.0888. The lowest BCUT2D eigenvalue weighted by molar-refractivity contribution is -0.281. The van der Waals surface area contributed by atoms with Crippen molar-refractivity contribution in [1.29, 1.82) is 0 Å². The maximum atomic E-state index is 13.3. The van der Waals surface area contributed by atoms with Gasteiger partial charge in [0, 0.05) is 0 Å². The van der Waals surface area contributed by atoms with Crippen molar-refractivity contribution in [1.82, 2.24) is 0 Å². The number of rotatable bonds is 3. The van der Waals surface area contributed by atoms with E-state index in [9.17, 15) is 48.0 Å². The molecule has 0 saturated carbocycles. The standard InChI is InChI=1S/C6H5F11Si/c1-2-18(17,5(13,14)3(7,8)9)6(15,16)4(10,11)12/h2H2,1H3. The van der Waals surface area contributed by atoms with Gasteiger partial charge in [-0.05, 0) is 6.04 Å². The largest absolute Gasteiger partial charge is 0.452 e. The van der Waals surface area contributed by atoms with E-state index in [2.05, 4.69) is 0 Å². The van der Waals surface area contributed by atoms with Gasteiger partial charge in [0.15, 0.2) is 0 Å². The number of alkyl halides is 10. The predicted molar refractivity (Wildman–Crippen MR) is 39.3 cm³/mol. The molecule has 0 amide bonds. The Balaban J connectivity index is 5.96. The molecule has 0 N–H and O–H groups in total. The Morgan fingerprint density at radius 3 is 1.00 bits per heavy atom. The van der Waals surface area contributed by atoms with Gasteiger partial charge in [0.2, 0.25) is 0 Å². The highest BCUT2D eigenvalue weighted by Gasteiger charge is 2.88. The molecule has 0 aliphatic carbocycles. The van der Waals surface area contributed by atoms with Crippen molar-refractivity contribution in [3.05, 3.63) is 0 Å². The lowest BCUT2D eigenvalue weighted by atomic mass is 10.6. The van der Waals surface area contributed by atoms with E-state index in [4.69, 9.17) is 0 Å². The first-order valence-electron chi connectivity index (χ1n) is 4.14. The molecule has 0 radical (unpaired) electrons. The van der Waals surface area contributed by atoms with E-state index in [0.717, 1.165) is 0 Å². The van der Waals surface area contributed by atoms with Crippen molar-refractivity contribution in [2.75, 3.05) is 0 Å². The summed E-state index contributed by atoms with van der Waals surface area (Å²) in [5, 5.41) is 0. The first-order chi connectivity index (χ1) is 7.56. The fourth-order valence-corrected chi connectivity index (χ4v) is 3.27. The van der Waals surface area contributed by atoms with Crippen molar-refractivity contribution in [3.8, 4) is 0 Å². The molecule has 0 unspecified atom stereocenters. The van der Waals surface area contributed by atoms with E-state index in [1.165, 1.54) is 0 Å². The zero-order chi connectivity index (χ0) is 15.2. The quantitative estimate of drug-likeness (QED) is 0.412. The van der Waals surface area contributed by atoms with Gasteiger partial charge in [0.25, 0.3) is 0 Å². The molecule has 0 nitrogen and oxygen atoms in total. The molecule has 0 fully saturated rings. The van der Waals surface area contributed by atoms with Crippen LogP contribution in [0, 0.1) is 0 Å². The Morgan fingerprint density at radius 2 is 0.889 bits per heavy atom. The molecule has 0 bridgehead atoms.